The van der Waals surface area contributed by atoms with E-state index in [1.807, 2.05) is 11.3 Å². The van der Waals surface area contributed by atoms with Gasteiger partial charge in [-0.05, 0) is 111 Å². The van der Waals surface area contributed by atoms with E-state index < -0.39 is 5.41 Å². The zero-order valence-corrected chi connectivity index (χ0v) is 35.7. The summed E-state index contributed by atoms with van der Waals surface area (Å²) in [7, 11) is 0. The summed E-state index contributed by atoms with van der Waals surface area (Å²) in [5.74, 6) is 0. The summed E-state index contributed by atoms with van der Waals surface area (Å²) in [4.78, 5) is 4.99. The molecule has 1 aliphatic carbocycles. The molecule has 0 amide bonds. The van der Waals surface area contributed by atoms with E-state index in [9.17, 15) is 0 Å². The maximum atomic E-state index is 2.54. The first-order valence-corrected chi connectivity index (χ1v) is 22.8. The molecule has 11 aromatic rings. The Hall–Kier alpha value is -7.98. The molecule has 13 rings (SSSR count). The molecule has 10 aromatic carbocycles. The van der Waals surface area contributed by atoms with E-state index in [1.165, 1.54) is 87.2 Å². The number of anilines is 6. The lowest BCUT2D eigenvalue weighted by Gasteiger charge is -2.45. The van der Waals surface area contributed by atoms with Gasteiger partial charge in [-0.25, -0.2) is 0 Å². The Morgan fingerprint density at radius 2 is 0.922 bits per heavy atom. The van der Waals surface area contributed by atoms with Gasteiger partial charge in [-0.15, -0.1) is 11.3 Å². The fourth-order valence-electron chi connectivity index (χ4n) is 10.8. The van der Waals surface area contributed by atoms with Gasteiger partial charge in [-0.1, -0.05) is 176 Å². The number of nitrogens with zero attached hydrogens (tertiary/aromatic N) is 2. The second-order valence-corrected chi connectivity index (χ2v) is 17.9. The van der Waals surface area contributed by atoms with E-state index in [1.54, 1.807) is 0 Å². The first-order chi connectivity index (χ1) is 31.8. The first kappa shape index (κ1) is 36.7. The van der Waals surface area contributed by atoms with Gasteiger partial charge in [-0.3, -0.25) is 0 Å². The van der Waals surface area contributed by atoms with Crippen molar-refractivity contribution < 1.29 is 0 Å². The van der Waals surface area contributed by atoms with Gasteiger partial charge in [0, 0.05) is 42.7 Å². The zero-order valence-electron chi connectivity index (χ0n) is 34.9. The molecular formula is C61H40N2S. The van der Waals surface area contributed by atoms with Gasteiger partial charge in [0.1, 0.15) is 0 Å². The van der Waals surface area contributed by atoms with Crippen molar-refractivity contribution in [2.45, 2.75) is 5.41 Å². The Labute approximate surface area is 377 Å². The SMILES string of the molecule is c1ccc(-c2cccc(-c3ccccc3N(c3ccc4sc5ccccc5c4c3)c3cccc4c3-c3ccccc3C43c4ccccc4N(c4ccccc4)c4ccccc43)c2)cc1. The number of para-hydroxylation sites is 4. The maximum absolute atomic E-state index is 2.54. The summed E-state index contributed by atoms with van der Waals surface area (Å²) in [6.07, 6.45) is 0. The van der Waals surface area contributed by atoms with Crippen LogP contribution in [0.3, 0.4) is 0 Å². The lowest BCUT2D eigenvalue weighted by Crippen LogP contribution is -2.36. The fourth-order valence-corrected chi connectivity index (χ4v) is 11.9. The molecule has 0 radical (unpaired) electrons. The minimum atomic E-state index is -0.580. The van der Waals surface area contributed by atoms with Gasteiger partial charge in [0.25, 0.3) is 0 Å². The molecule has 1 aromatic heterocycles. The van der Waals surface area contributed by atoms with Crippen LogP contribution in [0.4, 0.5) is 34.1 Å². The normalized spacial score (nSPS) is 13.1. The van der Waals surface area contributed by atoms with Gasteiger partial charge in [0.15, 0.2) is 0 Å². The van der Waals surface area contributed by atoms with E-state index in [0.29, 0.717) is 0 Å². The van der Waals surface area contributed by atoms with Crippen LogP contribution in [0.1, 0.15) is 22.3 Å². The number of benzene rings is 10. The smallest absolute Gasteiger partial charge is 0.0755 e. The van der Waals surface area contributed by atoms with Crippen molar-refractivity contribution in [3.05, 3.63) is 265 Å². The number of fused-ring (bicyclic) bond motifs is 12. The molecule has 1 spiro atoms. The van der Waals surface area contributed by atoms with E-state index in [4.69, 9.17) is 0 Å². The highest BCUT2D eigenvalue weighted by Gasteiger charge is 2.52. The Morgan fingerprint density at radius 1 is 0.359 bits per heavy atom. The minimum Gasteiger partial charge on any atom is -0.310 e. The molecule has 1 aliphatic heterocycles. The molecule has 0 saturated heterocycles. The van der Waals surface area contributed by atoms with Crippen molar-refractivity contribution in [1.82, 2.24) is 0 Å². The van der Waals surface area contributed by atoms with Crippen molar-refractivity contribution in [3.8, 4) is 33.4 Å². The summed E-state index contributed by atoms with van der Waals surface area (Å²) in [5.41, 5.74) is 18.7. The Bertz CT molecular complexity index is 3540. The van der Waals surface area contributed by atoms with Crippen LogP contribution in [0.2, 0.25) is 0 Å². The molecule has 64 heavy (non-hydrogen) atoms. The van der Waals surface area contributed by atoms with E-state index in [2.05, 4.69) is 252 Å². The third-order valence-corrected chi connectivity index (χ3v) is 14.6. The molecule has 3 heteroatoms. The molecule has 0 fully saturated rings. The highest BCUT2D eigenvalue weighted by atomic mass is 32.1. The van der Waals surface area contributed by atoms with Crippen LogP contribution in [0.15, 0.2) is 243 Å². The summed E-state index contributed by atoms with van der Waals surface area (Å²) in [6.45, 7) is 0. The predicted octanol–water partition coefficient (Wildman–Crippen LogP) is 17.0. The third-order valence-electron chi connectivity index (χ3n) is 13.4. The molecule has 0 saturated carbocycles. The second-order valence-electron chi connectivity index (χ2n) is 16.8. The molecule has 0 atom stereocenters. The highest BCUT2D eigenvalue weighted by Crippen LogP contribution is 2.65. The van der Waals surface area contributed by atoms with Gasteiger partial charge in [0.05, 0.1) is 28.2 Å². The van der Waals surface area contributed by atoms with Crippen LogP contribution in [0.5, 0.6) is 0 Å². The van der Waals surface area contributed by atoms with Crippen LogP contribution < -0.4 is 9.80 Å². The van der Waals surface area contributed by atoms with Crippen molar-refractivity contribution in [2.75, 3.05) is 9.80 Å². The van der Waals surface area contributed by atoms with Crippen LogP contribution >= 0.6 is 11.3 Å². The quantitative estimate of drug-likeness (QED) is 0.165. The molecule has 0 N–H and O–H groups in total. The maximum Gasteiger partial charge on any atom is 0.0755 e. The Kier molecular flexibility index (Phi) is 8.34. The van der Waals surface area contributed by atoms with Crippen molar-refractivity contribution >= 4 is 65.6 Å². The van der Waals surface area contributed by atoms with Gasteiger partial charge >= 0.3 is 0 Å². The first-order valence-electron chi connectivity index (χ1n) is 22.0. The summed E-state index contributed by atoms with van der Waals surface area (Å²) < 4.78 is 2.59. The second kappa shape index (κ2) is 14.6. The van der Waals surface area contributed by atoms with Crippen LogP contribution in [0, 0.1) is 0 Å². The van der Waals surface area contributed by atoms with Crippen LogP contribution in [-0.2, 0) is 5.41 Å². The van der Waals surface area contributed by atoms with Crippen LogP contribution in [-0.4, -0.2) is 0 Å². The van der Waals surface area contributed by atoms with Crippen molar-refractivity contribution in [2.24, 2.45) is 0 Å². The van der Waals surface area contributed by atoms with E-state index in [0.717, 1.165) is 22.7 Å². The van der Waals surface area contributed by atoms with Crippen molar-refractivity contribution in [1.29, 1.82) is 0 Å². The third kappa shape index (κ3) is 5.38. The van der Waals surface area contributed by atoms with Crippen LogP contribution in [0.25, 0.3) is 53.6 Å². The number of hydrogen-bond donors (Lipinski definition) is 0. The summed E-state index contributed by atoms with van der Waals surface area (Å²) >= 11 is 1.86. The van der Waals surface area contributed by atoms with Gasteiger partial charge < -0.3 is 9.80 Å². The molecule has 2 nitrogen and oxygen atoms in total. The van der Waals surface area contributed by atoms with Crippen molar-refractivity contribution in [3.63, 3.8) is 0 Å². The minimum absolute atomic E-state index is 0.580. The fraction of sp³-hybridized carbons (Fsp3) is 0.0164. The van der Waals surface area contributed by atoms with E-state index >= 15 is 0 Å². The van der Waals surface area contributed by atoms with E-state index in [-0.39, 0.29) is 0 Å². The van der Waals surface area contributed by atoms with Gasteiger partial charge in [-0.2, -0.15) is 0 Å². The summed E-state index contributed by atoms with van der Waals surface area (Å²) in [6, 6.07) is 89.7. The largest absolute Gasteiger partial charge is 0.310 e. The van der Waals surface area contributed by atoms with Gasteiger partial charge in [0.2, 0.25) is 0 Å². The molecule has 300 valence electrons. The Balaban J connectivity index is 1.11. The highest BCUT2D eigenvalue weighted by molar-refractivity contribution is 7.25. The lowest BCUT2D eigenvalue weighted by atomic mass is 9.64. The predicted molar refractivity (Wildman–Crippen MR) is 270 cm³/mol. The zero-order chi connectivity index (χ0) is 42.2. The molecular weight excluding hydrogens is 793 g/mol. The molecule has 2 aliphatic rings. The summed E-state index contributed by atoms with van der Waals surface area (Å²) in [5, 5.41) is 2.56. The standard InChI is InChI=1S/C61H40N2S/c1-3-19-41(20-4-1)42-21-17-22-43(39-42)46-25-8-13-32-54(46)63(45-37-38-59-49(40-45)47-26-9-16-36-58(47)64-59)57-35-18-31-53-60(57)48-27-7-10-28-50(48)61(53)51-29-11-14-33-55(51)62(44-23-5-2-6-24-44)56-34-15-12-30-52(56)61/h1-40H. The average molecular weight is 833 g/mol. The number of rotatable bonds is 6. The Morgan fingerprint density at radius 3 is 1.72 bits per heavy atom. The molecule has 0 bridgehead atoms. The average Bonchev–Trinajstić information content (AvgIpc) is 3.89. The lowest BCUT2D eigenvalue weighted by molar-refractivity contribution is 0.752. The molecule has 2 heterocycles. The number of thiophene rings is 1. The molecule has 0 unspecified atom stereocenters. The number of hydrogen-bond acceptors (Lipinski definition) is 3. The monoisotopic (exact) mass is 832 g/mol. The topological polar surface area (TPSA) is 6.48 Å².